The summed E-state index contributed by atoms with van der Waals surface area (Å²) >= 11 is 1.09. The number of carbonyl (C=O) groups is 1. The smallest absolute Gasteiger partial charge is 0.265 e. The van der Waals surface area contributed by atoms with E-state index >= 15 is 0 Å². The van der Waals surface area contributed by atoms with Crippen LogP contribution in [0, 0.1) is 0 Å². The molecule has 21 heavy (non-hydrogen) atoms. The number of nitrogens with one attached hydrogen (secondary N) is 1. The van der Waals surface area contributed by atoms with E-state index in [1.165, 1.54) is 0 Å². The van der Waals surface area contributed by atoms with Crippen molar-refractivity contribution in [2.45, 2.75) is 6.42 Å². The molecule has 2 rings (SSSR count). The van der Waals surface area contributed by atoms with E-state index in [1.54, 1.807) is 14.2 Å². The Bertz CT molecular complexity index is 583. The molecule has 0 saturated carbocycles. The lowest BCUT2D eigenvalue weighted by molar-refractivity contribution is 0.0953. The summed E-state index contributed by atoms with van der Waals surface area (Å²) in [6, 6.07) is 7.37. The first kappa shape index (κ1) is 15.4. The molecule has 1 N–H and O–H groups in total. The zero-order chi connectivity index (χ0) is 15.1. The van der Waals surface area contributed by atoms with Crippen LogP contribution in [0.4, 0.5) is 0 Å². The van der Waals surface area contributed by atoms with E-state index in [2.05, 4.69) is 14.9 Å². The van der Waals surface area contributed by atoms with Crippen LogP contribution in [0.15, 0.2) is 24.3 Å². The maximum absolute atomic E-state index is 12.1. The number of amides is 1. The van der Waals surface area contributed by atoms with Gasteiger partial charge in [0.15, 0.2) is 0 Å². The Hall–Kier alpha value is -1.99. The fraction of sp³-hybridized carbons (Fsp3) is 0.357. The third-order valence-corrected chi connectivity index (χ3v) is 3.59. The minimum Gasteiger partial charge on any atom is -0.497 e. The van der Waals surface area contributed by atoms with Gasteiger partial charge in [-0.25, -0.2) is 0 Å². The number of aromatic nitrogens is 2. The Kier molecular flexibility index (Phi) is 5.65. The van der Waals surface area contributed by atoms with Gasteiger partial charge in [-0.05, 0) is 42.2 Å². The highest BCUT2D eigenvalue weighted by atomic mass is 32.1. The van der Waals surface area contributed by atoms with Gasteiger partial charge in [-0.2, -0.15) is 0 Å². The second-order valence-electron chi connectivity index (χ2n) is 4.28. The van der Waals surface area contributed by atoms with Crippen LogP contribution in [0.25, 0.3) is 11.3 Å². The highest BCUT2D eigenvalue weighted by molar-refractivity contribution is 7.08. The Morgan fingerprint density at radius 2 is 2.05 bits per heavy atom. The number of nitrogens with zero attached hydrogens (tertiary/aromatic N) is 2. The summed E-state index contributed by atoms with van der Waals surface area (Å²) in [5.41, 5.74) is 1.43. The van der Waals surface area contributed by atoms with E-state index in [-0.39, 0.29) is 5.91 Å². The van der Waals surface area contributed by atoms with Crippen molar-refractivity contribution >= 4 is 17.4 Å². The monoisotopic (exact) mass is 307 g/mol. The second kappa shape index (κ2) is 7.70. The van der Waals surface area contributed by atoms with Crippen LogP contribution in [0.5, 0.6) is 5.75 Å². The van der Waals surface area contributed by atoms with Crippen LogP contribution in [0.1, 0.15) is 16.1 Å². The molecule has 0 saturated heterocycles. The van der Waals surface area contributed by atoms with Crippen LogP contribution >= 0.6 is 11.5 Å². The lowest BCUT2D eigenvalue weighted by atomic mass is 10.1. The van der Waals surface area contributed by atoms with Crippen molar-refractivity contribution in [1.82, 2.24) is 14.9 Å². The first-order chi connectivity index (χ1) is 10.3. The Balaban J connectivity index is 2.08. The predicted molar refractivity (Wildman–Crippen MR) is 80.7 cm³/mol. The predicted octanol–water partition coefficient (Wildman–Crippen LogP) is 1.98. The van der Waals surface area contributed by atoms with Gasteiger partial charge in [0.2, 0.25) is 0 Å². The van der Waals surface area contributed by atoms with Gasteiger partial charge in [0, 0.05) is 25.8 Å². The maximum Gasteiger partial charge on any atom is 0.265 e. The summed E-state index contributed by atoms with van der Waals surface area (Å²) in [5.74, 6) is 0.597. The first-order valence-corrected chi connectivity index (χ1v) is 7.27. The van der Waals surface area contributed by atoms with Crippen molar-refractivity contribution in [3.8, 4) is 17.0 Å². The van der Waals surface area contributed by atoms with Crippen molar-refractivity contribution in [2.24, 2.45) is 0 Å². The largest absolute Gasteiger partial charge is 0.497 e. The standard InChI is InChI=1S/C14H17N3O3S/c1-19-9-3-8-15-14(18)13-12(16-17-21-13)10-4-6-11(20-2)7-5-10/h4-7H,3,8-9H2,1-2H3,(H,15,18). The van der Waals surface area contributed by atoms with E-state index in [4.69, 9.17) is 9.47 Å². The molecule has 1 aromatic carbocycles. The summed E-state index contributed by atoms with van der Waals surface area (Å²) < 4.78 is 13.9. The van der Waals surface area contributed by atoms with Gasteiger partial charge >= 0.3 is 0 Å². The third kappa shape index (κ3) is 3.99. The SMILES string of the molecule is COCCCNC(=O)c1snnc1-c1ccc(OC)cc1. The van der Waals surface area contributed by atoms with Crippen molar-refractivity contribution in [3.63, 3.8) is 0 Å². The highest BCUT2D eigenvalue weighted by Crippen LogP contribution is 2.25. The van der Waals surface area contributed by atoms with E-state index in [0.717, 1.165) is 29.3 Å². The molecule has 0 radical (unpaired) electrons. The van der Waals surface area contributed by atoms with Crippen LogP contribution in [-0.2, 0) is 4.74 Å². The number of hydrogen-bond donors (Lipinski definition) is 1. The lowest BCUT2D eigenvalue weighted by Gasteiger charge is -2.05. The fourth-order valence-electron chi connectivity index (χ4n) is 1.78. The number of hydrogen-bond acceptors (Lipinski definition) is 6. The van der Waals surface area contributed by atoms with E-state index in [1.807, 2.05) is 24.3 Å². The van der Waals surface area contributed by atoms with E-state index < -0.39 is 0 Å². The Morgan fingerprint density at radius 3 is 2.71 bits per heavy atom. The zero-order valence-electron chi connectivity index (χ0n) is 12.0. The number of methoxy groups -OCH3 is 2. The minimum atomic E-state index is -0.160. The average molecular weight is 307 g/mol. The van der Waals surface area contributed by atoms with Crippen LogP contribution < -0.4 is 10.1 Å². The van der Waals surface area contributed by atoms with Gasteiger partial charge in [0.05, 0.1) is 7.11 Å². The first-order valence-electron chi connectivity index (χ1n) is 6.50. The molecule has 112 valence electrons. The van der Waals surface area contributed by atoms with Crippen molar-refractivity contribution in [1.29, 1.82) is 0 Å². The maximum atomic E-state index is 12.1. The van der Waals surface area contributed by atoms with E-state index in [9.17, 15) is 4.79 Å². The molecule has 1 aromatic heterocycles. The summed E-state index contributed by atoms with van der Waals surface area (Å²) in [5, 5.41) is 6.89. The average Bonchev–Trinajstić information content (AvgIpc) is 3.01. The molecule has 0 bridgehead atoms. The minimum absolute atomic E-state index is 0.160. The number of benzene rings is 1. The quantitative estimate of drug-likeness (QED) is 0.792. The third-order valence-electron chi connectivity index (χ3n) is 2.87. The van der Waals surface area contributed by atoms with Crippen LogP contribution in [0.2, 0.25) is 0 Å². The summed E-state index contributed by atoms with van der Waals surface area (Å²) in [6.07, 6.45) is 0.770. The van der Waals surface area contributed by atoms with E-state index in [0.29, 0.717) is 23.7 Å². The lowest BCUT2D eigenvalue weighted by Crippen LogP contribution is -2.24. The van der Waals surface area contributed by atoms with Crippen molar-refractivity contribution in [2.75, 3.05) is 27.4 Å². The summed E-state index contributed by atoms with van der Waals surface area (Å²) in [6.45, 7) is 1.18. The van der Waals surface area contributed by atoms with Gasteiger partial charge in [-0.3, -0.25) is 4.79 Å². The fourth-order valence-corrected chi connectivity index (χ4v) is 2.38. The number of rotatable bonds is 7. The molecule has 0 aliphatic carbocycles. The Morgan fingerprint density at radius 1 is 1.29 bits per heavy atom. The topological polar surface area (TPSA) is 73.3 Å². The molecule has 0 aliphatic rings. The molecule has 7 heteroatoms. The molecular formula is C14H17N3O3S. The molecule has 2 aromatic rings. The molecule has 0 spiro atoms. The molecule has 0 unspecified atom stereocenters. The molecule has 0 fully saturated rings. The van der Waals surface area contributed by atoms with Gasteiger partial charge in [0.25, 0.3) is 5.91 Å². The van der Waals surface area contributed by atoms with Crippen LogP contribution in [-0.4, -0.2) is 42.9 Å². The molecule has 1 amide bonds. The molecule has 0 atom stereocenters. The molecule has 6 nitrogen and oxygen atoms in total. The molecule has 1 heterocycles. The van der Waals surface area contributed by atoms with Gasteiger partial charge in [0.1, 0.15) is 16.3 Å². The van der Waals surface area contributed by atoms with Gasteiger partial charge in [-0.15, -0.1) is 5.10 Å². The van der Waals surface area contributed by atoms with Crippen LogP contribution in [0.3, 0.4) is 0 Å². The van der Waals surface area contributed by atoms with Crippen molar-refractivity contribution < 1.29 is 14.3 Å². The van der Waals surface area contributed by atoms with Gasteiger partial charge in [-0.1, -0.05) is 4.49 Å². The van der Waals surface area contributed by atoms with Gasteiger partial charge < -0.3 is 14.8 Å². The Labute approximate surface area is 127 Å². The number of ether oxygens (including phenoxy) is 2. The highest BCUT2D eigenvalue weighted by Gasteiger charge is 2.17. The molecule has 0 aliphatic heterocycles. The summed E-state index contributed by atoms with van der Waals surface area (Å²) in [7, 11) is 3.25. The van der Waals surface area contributed by atoms with Crippen molar-refractivity contribution in [3.05, 3.63) is 29.1 Å². The normalized spacial score (nSPS) is 10.4. The summed E-state index contributed by atoms with van der Waals surface area (Å²) in [4.78, 5) is 12.7. The zero-order valence-corrected chi connectivity index (χ0v) is 12.8. The second-order valence-corrected chi connectivity index (χ2v) is 5.04. The molecular weight excluding hydrogens is 290 g/mol. The number of carbonyl (C=O) groups excluding carboxylic acids is 1.